The lowest BCUT2D eigenvalue weighted by Gasteiger charge is -2.06. The Kier molecular flexibility index (Phi) is 4.05. The van der Waals surface area contributed by atoms with Crippen LogP contribution in [-0.4, -0.2) is 30.3 Å². The van der Waals surface area contributed by atoms with Gasteiger partial charge in [-0.1, -0.05) is 35.5 Å². The molecule has 0 saturated carbocycles. The number of ether oxygens (including phenoxy) is 2. The number of hydrogen-bond acceptors (Lipinski definition) is 6. The van der Waals surface area contributed by atoms with Crippen molar-refractivity contribution in [1.29, 1.82) is 0 Å². The normalized spacial score (nSPS) is 10.3. The van der Waals surface area contributed by atoms with Gasteiger partial charge in [-0.2, -0.15) is 4.98 Å². The zero-order valence-electron chi connectivity index (χ0n) is 12.6. The minimum absolute atomic E-state index is 0.270. The smallest absolute Gasteiger partial charge is 0.337 e. The average molecular weight is 310 g/mol. The highest BCUT2D eigenvalue weighted by Gasteiger charge is 2.17. The number of rotatable bonds is 4. The van der Waals surface area contributed by atoms with Crippen molar-refractivity contribution in [3.05, 3.63) is 54.1 Å². The van der Waals surface area contributed by atoms with E-state index >= 15 is 0 Å². The van der Waals surface area contributed by atoms with Crippen LogP contribution in [-0.2, 0) is 4.74 Å². The molecule has 0 aliphatic carbocycles. The van der Waals surface area contributed by atoms with Gasteiger partial charge in [-0.3, -0.25) is 0 Å². The predicted octanol–water partition coefficient (Wildman–Crippen LogP) is 3.20. The highest BCUT2D eigenvalue weighted by atomic mass is 16.5. The zero-order chi connectivity index (χ0) is 16.2. The lowest BCUT2D eigenvalue weighted by atomic mass is 10.1. The van der Waals surface area contributed by atoms with Gasteiger partial charge in [-0.15, -0.1) is 0 Å². The molecule has 0 spiro atoms. The number of esters is 1. The maximum Gasteiger partial charge on any atom is 0.337 e. The Morgan fingerprint density at radius 2 is 1.87 bits per heavy atom. The van der Waals surface area contributed by atoms with Crippen LogP contribution in [0.3, 0.4) is 0 Å². The summed E-state index contributed by atoms with van der Waals surface area (Å²) in [6, 6.07) is 14.3. The first-order valence-corrected chi connectivity index (χ1v) is 6.89. The molecule has 0 radical (unpaired) electrons. The van der Waals surface area contributed by atoms with Crippen LogP contribution in [0.15, 0.2) is 53.1 Å². The molecule has 1 heterocycles. The van der Waals surface area contributed by atoms with Crippen LogP contribution >= 0.6 is 0 Å². The van der Waals surface area contributed by atoms with E-state index in [0.717, 1.165) is 5.56 Å². The molecule has 116 valence electrons. The van der Waals surface area contributed by atoms with Gasteiger partial charge >= 0.3 is 5.97 Å². The van der Waals surface area contributed by atoms with Crippen LogP contribution in [0.25, 0.3) is 22.8 Å². The third-order valence-corrected chi connectivity index (χ3v) is 3.31. The van der Waals surface area contributed by atoms with Gasteiger partial charge < -0.3 is 14.0 Å². The number of carbonyl (C=O) groups is 1. The topological polar surface area (TPSA) is 74.5 Å². The van der Waals surface area contributed by atoms with E-state index < -0.39 is 5.97 Å². The minimum atomic E-state index is -0.447. The summed E-state index contributed by atoms with van der Waals surface area (Å²) >= 11 is 0. The first-order valence-electron chi connectivity index (χ1n) is 6.89. The molecule has 0 unspecified atom stereocenters. The van der Waals surface area contributed by atoms with Gasteiger partial charge in [0, 0.05) is 5.56 Å². The molecule has 6 heteroatoms. The van der Waals surface area contributed by atoms with Crippen LogP contribution in [0.4, 0.5) is 0 Å². The lowest BCUT2D eigenvalue weighted by molar-refractivity contribution is 0.0601. The van der Waals surface area contributed by atoms with Crippen molar-refractivity contribution in [3.63, 3.8) is 0 Å². The maximum atomic E-state index is 11.7. The molecule has 0 aliphatic heterocycles. The molecule has 6 nitrogen and oxygen atoms in total. The van der Waals surface area contributed by atoms with Crippen molar-refractivity contribution >= 4 is 5.97 Å². The van der Waals surface area contributed by atoms with E-state index in [-0.39, 0.29) is 5.89 Å². The van der Waals surface area contributed by atoms with E-state index in [2.05, 4.69) is 10.1 Å². The van der Waals surface area contributed by atoms with E-state index in [1.165, 1.54) is 14.2 Å². The molecule has 0 saturated heterocycles. The van der Waals surface area contributed by atoms with Crippen LogP contribution < -0.4 is 4.74 Å². The molecule has 0 atom stereocenters. The van der Waals surface area contributed by atoms with Gasteiger partial charge in [0.1, 0.15) is 5.75 Å². The molecule has 0 aliphatic rings. The Morgan fingerprint density at radius 3 is 2.57 bits per heavy atom. The molecular formula is C17H14N2O4. The quantitative estimate of drug-likeness (QED) is 0.689. The van der Waals surface area contributed by atoms with Crippen molar-refractivity contribution in [2.24, 2.45) is 0 Å². The average Bonchev–Trinajstić information content (AvgIpc) is 3.11. The molecule has 3 aromatic rings. The maximum absolute atomic E-state index is 11.7. The lowest BCUT2D eigenvalue weighted by Crippen LogP contribution is -2.02. The summed E-state index contributed by atoms with van der Waals surface area (Å²) in [4.78, 5) is 16.1. The summed E-state index contributed by atoms with van der Waals surface area (Å²) in [5.74, 6) is 0.815. The molecular weight excluding hydrogens is 296 g/mol. The van der Waals surface area contributed by atoms with Gasteiger partial charge in [0.15, 0.2) is 0 Å². The zero-order valence-corrected chi connectivity index (χ0v) is 12.6. The van der Waals surface area contributed by atoms with Crippen molar-refractivity contribution in [1.82, 2.24) is 10.1 Å². The largest absolute Gasteiger partial charge is 0.496 e. The Labute approximate surface area is 132 Å². The van der Waals surface area contributed by atoms with E-state index in [0.29, 0.717) is 22.7 Å². The van der Waals surface area contributed by atoms with Gasteiger partial charge in [-0.05, 0) is 18.2 Å². The summed E-state index contributed by atoms with van der Waals surface area (Å²) in [5.41, 5.74) is 1.75. The second kappa shape index (κ2) is 6.31. The van der Waals surface area contributed by atoms with Crippen LogP contribution in [0.5, 0.6) is 5.75 Å². The summed E-state index contributed by atoms with van der Waals surface area (Å²) in [6.45, 7) is 0. The number of carbonyl (C=O) groups excluding carboxylic acids is 1. The van der Waals surface area contributed by atoms with E-state index in [9.17, 15) is 4.79 Å². The van der Waals surface area contributed by atoms with E-state index in [1.807, 2.05) is 30.3 Å². The third-order valence-electron chi connectivity index (χ3n) is 3.31. The summed E-state index contributed by atoms with van der Waals surface area (Å²) in [5, 5.41) is 3.98. The molecule has 2 aromatic carbocycles. The van der Waals surface area contributed by atoms with Gasteiger partial charge in [0.05, 0.1) is 25.3 Å². The van der Waals surface area contributed by atoms with Crippen LogP contribution in [0.1, 0.15) is 10.4 Å². The molecule has 0 bridgehead atoms. The number of methoxy groups -OCH3 is 2. The Bertz CT molecular complexity index is 828. The first-order chi connectivity index (χ1) is 11.2. The molecule has 0 amide bonds. The fourth-order valence-corrected chi connectivity index (χ4v) is 2.16. The summed E-state index contributed by atoms with van der Waals surface area (Å²) < 4.78 is 15.4. The fourth-order valence-electron chi connectivity index (χ4n) is 2.16. The standard InChI is InChI=1S/C17H14N2O4/c1-21-14-9-8-12(17(20)22-2)10-13(14)16-18-15(19-23-16)11-6-4-3-5-7-11/h3-10H,1-2H3. The van der Waals surface area contributed by atoms with Crippen LogP contribution in [0, 0.1) is 0 Å². The van der Waals surface area contributed by atoms with Gasteiger partial charge in [-0.25, -0.2) is 4.79 Å². The molecule has 3 rings (SSSR count). The highest BCUT2D eigenvalue weighted by molar-refractivity contribution is 5.91. The van der Waals surface area contributed by atoms with E-state index in [1.54, 1.807) is 18.2 Å². The number of aromatic nitrogens is 2. The monoisotopic (exact) mass is 310 g/mol. The summed E-state index contributed by atoms with van der Waals surface area (Å²) in [7, 11) is 2.86. The molecule has 1 aromatic heterocycles. The van der Waals surface area contributed by atoms with Crippen molar-refractivity contribution < 1.29 is 18.8 Å². The Morgan fingerprint density at radius 1 is 1.09 bits per heavy atom. The second-order valence-electron chi connectivity index (χ2n) is 4.70. The highest BCUT2D eigenvalue weighted by Crippen LogP contribution is 2.31. The van der Waals surface area contributed by atoms with Crippen molar-refractivity contribution in [3.8, 4) is 28.6 Å². The SMILES string of the molecule is COC(=O)c1ccc(OC)c(-c2nc(-c3ccccc3)no2)c1. The van der Waals surface area contributed by atoms with Crippen LogP contribution in [0.2, 0.25) is 0 Å². The fraction of sp³-hybridized carbons (Fsp3) is 0.118. The number of hydrogen-bond donors (Lipinski definition) is 0. The Hall–Kier alpha value is -3.15. The summed E-state index contributed by atoms with van der Waals surface area (Å²) in [6.07, 6.45) is 0. The third kappa shape index (κ3) is 2.91. The van der Waals surface area contributed by atoms with Gasteiger partial charge in [0.25, 0.3) is 5.89 Å². The van der Waals surface area contributed by atoms with Gasteiger partial charge in [0.2, 0.25) is 5.82 Å². The first kappa shape index (κ1) is 14.8. The molecule has 0 fully saturated rings. The van der Waals surface area contributed by atoms with Crippen molar-refractivity contribution in [2.45, 2.75) is 0 Å². The Balaban J connectivity index is 2.04. The van der Waals surface area contributed by atoms with E-state index in [4.69, 9.17) is 14.0 Å². The number of benzene rings is 2. The predicted molar refractivity (Wildman–Crippen MR) is 83.1 cm³/mol. The minimum Gasteiger partial charge on any atom is -0.496 e. The molecule has 23 heavy (non-hydrogen) atoms. The number of nitrogens with zero attached hydrogens (tertiary/aromatic N) is 2. The second-order valence-corrected chi connectivity index (χ2v) is 4.70. The molecule has 0 N–H and O–H groups in total. The van der Waals surface area contributed by atoms with Crippen molar-refractivity contribution in [2.75, 3.05) is 14.2 Å².